The summed E-state index contributed by atoms with van der Waals surface area (Å²) in [5.41, 5.74) is 0.195. The smallest absolute Gasteiger partial charge is 0.347 e. The average Bonchev–Trinajstić information content (AvgIpc) is 3.01. The molecule has 0 aliphatic carbocycles. The van der Waals surface area contributed by atoms with Gasteiger partial charge in [0.1, 0.15) is 0 Å². The lowest BCUT2D eigenvalue weighted by Gasteiger charge is -2.12. The molecule has 7 nitrogen and oxygen atoms in total. The van der Waals surface area contributed by atoms with E-state index in [0.29, 0.717) is 5.69 Å². The zero-order chi connectivity index (χ0) is 19.6. The largest absolute Gasteiger partial charge is 0.463 e. The summed E-state index contributed by atoms with van der Waals surface area (Å²) >= 11 is 9.27. The topological polar surface area (TPSA) is 98.8 Å². The molecule has 1 atom stereocenters. The number of anilines is 1. The molecule has 1 unspecified atom stereocenters. The van der Waals surface area contributed by atoms with Crippen LogP contribution in [0, 0.1) is 0 Å². The number of ether oxygens (including phenoxy) is 2. The zero-order valence-corrected chi connectivity index (χ0v) is 16.8. The fraction of sp³-hybridized carbons (Fsp3) is 0.176. The van der Waals surface area contributed by atoms with Gasteiger partial charge in [-0.15, -0.1) is 0 Å². The van der Waals surface area contributed by atoms with Crippen molar-refractivity contribution in [3.05, 3.63) is 57.5 Å². The maximum Gasteiger partial charge on any atom is 0.347 e. The second-order valence-electron chi connectivity index (χ2n) is 5.60. The molecule has 3 rings (SSSR count). The number of nitrogens with one attached hydrogen (secondary N) is 1. The summed E-state index contributed by atoms with van der Waals surface area (Å²) in [5, 5.41) is 0.00829. The molecule has 2 aromatic carbocycles. The van der Waals surface area contributed by atoms with E-state index in [1.54, 1.807) is 24.3 Å². The average molecular weight is 475 g/mol. The minimum absolute atomic E-state index is 0.00829. The van der Waals surface area contributed by atoms with Crippen molar-refractivity contribution in [2.75, 3.05) is 11.3 Å². The molecule has 27 heavy (non-hydrogen) atoms. The number of esters is 2. The van der Waals surface area contributed by atoms with E-state index in [0.717, 1.165) is 10.5 Å². The van der Waals surface area contributed by atoms with Gasteiger partial charge in [0.2, 0.25) is 6.10 Å². The fourth-order valence-corrected chi connectivity index (χ4v) is 3.88. The fourth-order valence-electron chi connectivity index (χ4n) is 2.34. The molecular weight excluding hydrogens is 462 g/mol. The van der Waals surface area contributed by atoms with Crippen molar-refractivity contribution in [2.24, 2.45) is 0 Å². The maximum absolute atomic E-state index is 12.6. The summed E-state index contributed by atoms with van der Waals surface area (Å²) < 4.78 is 38.2. The van der Waals surface area contributed by atoms with Crippen molar-refractivity contribution in [2.45, 2.75) is 17.4 Å². The standard InChI is InChI=1S/C17H13BrClNO6S/c18-10-1-3-11(4-2-10)20-27(23,24)12-5-6-14(19)13(9-12)16(21)26-15-7-8-25-17(15)22/h1-6,9,15,20H,7-8H2. The first-order valence-electron chi connectivity index (χ1n) is 7.72. The Labute approximate surface area is 168 Å². The van der Waals surface area contributed by atoms with Crippen LogP contribution in [0.3, 0.4) is 0 Å². The molecule has 142 valence electrons. The van der Waals surface area contributed by atoms with Gasteiger partial charge in [-0.2, -0.15) is 0 Å². The second-order valence-corrected chi connectivity index (χ2v) is 8.61. The van der Waals surface area contributed by atoms with Gasteiger partial charge < -0.3 is 9.47 Å². The summed E-state index contributed by atoms with van der Waals surface area (Å²) in [7, 11) is -3.96. The molecule has 1 fully saturated rings. The van der Waals surface area contributed by atoms with E-state index in [1.165, 1.54) is 12.1 Å². The van der Waals surface area contributed by atoms with Gasteiger partial charge in [0.25, 0.3) is 10.0 Å². The number of benzene rings is 2. The number of hydrogen-bond donors (Lipinski definition) is 1. The van der Waals surface area contributed by atoms with Gasteiger partial charge in [-0.25, -0.2) is 18.0 Å². The molecule has 1 aliphatic heterocycles. The van der Waals surface area contributed by atoms with Crippen LogP contribution in [0.15, 0.2) is 51.8 Å². The summed E-state index contributed by atoms with van der Waals surface area (Å²) in [4.78, 5) is 23.6. The van der Waals surface area contributed by atoms with Crippen molar-refractivity contribution < 1.29 is 27.5 Å². The van der Waals surface area contributed by atoms with E-state index < -0.39 is 28.1 Å². The minimum atomic E-state index is -3.96. The predicted octanol–water partition coefficient (Wildman–Crippen LogP) is 3.38. The first kappa shape index (κ1) is 19.7. The third kappa shape index (κ3) is 4.60. The van der Waals surface area contributed by atoms with Crippen LogP contribution in [0.2, 0.25) is 5.02 Å². The van der Waals surface area contributed by atoms with Crippen LogP contribution >= 0.6 is 27.5 Å². The third-order valence-corrected chi connectivity index (χ3v) is 5.94. The quantitative estimate of drug-likeness (QED) is 0.667. The van der Waals surface area contributed by atoms with Gasteiger partial charge in [0, 0.05) is 16.6 Å². The van der Waals surface area contributed by atoms with Crippen molar-refractivity contribution in [1.29, 1.82) is 0 Å². The van der Waals surface area contributed by atoms with Crippen LogP contribution in [0.25, 0.3) is 0 Å². The SMILES string of the molecule is O=C(OC1CCOC1=O)c1cc(S(=O)(=O)Nc2ccc(Br)cc2)ccc1Cl. The lowest BCUT2D eigenvalue weighted by Crippen LogP contribution is -2.23. The van der Waals surface area contributed by atoms with Crippen molar-refractivity contribution >= 4 is 55.2 Å². The van der Waals surface area contributed by atoms with E-state index in [-0.39, 0.29) is 28.5 Å². The molecule has 0 radical (unpaired) electrons. The van der Waals surface area contributed by atoms with Gasteiger partial charge in [-0.1, -0.05) is 27.5 Å². The first-order chi connectivity index (χ1) is 12.8. The van der Waals surface area contributed by atoms with E-state index in [9.17, 15) is 18.0 Å². The Bertz CT molecular complexity index is 993. The van der Waals surface area contributed by atoms with Crippen LogP contribution in [0.4, 0.5) is 5.69 Å². The molecule has 0 bridgehead atoms. The molecule has 1 heterocycles. The molecule has 1 saturated heterocycles. The molecule has 1 N–H and O–H groups in total. The van der Waals surface area contributed by atoms with Crippen LogP contribution in [0.5, 0.6) is 0 Å². The zero-order valence-electron chi connectivity index (χ0n) is 13.6. The molecule has 0 saturated carbocycles. The Kier molecular flexibility index (Phi) is 5.73. The van der Waals surface area contributed by atoms with Crippen molar-refractivity contribution in [1.82, 2.24) is 0 Å². The lowest BCUT2D eigenvalue weighted by atomic mass is 10.2. The summed E-state index contributed by atoms with van der Waals surface area (Å²) in [5.74, 6) is -1.54. The Morgan fingerprint density at radius 2 is 1.93 bits per heavy atom. The van der Waals surface area contributed by atoms with Crippen molar-refractivity contribution in [3.8, 4) is 0 Å². The highest BCUT2D eigenvalue weighted by Gasteiger charge is 2.31. The third-order valence-electron chi connectivity index (χ3n) is 3.70. The number of rotatable bonds is 5. The molecule has 10 heteroatoms. The number of carbonyl (C=O) groups excluding carboxylic acids is 2. The van der Waals surface area contributed by atoms with Crippen LogP contribution in [0.1, 0.15) is 16.8 Å². The summed E-state index contributed by atoms with van der Waals surface area (Å²) in [6.45, 7) is 0.163. The molecule has 0 aromatic heterocycles. The highest BCUT2D eigenvalue weighted by atomic mass is 79.9. The number of cyclic esters (lactones) is 1. The Balaban J connectivity index is 1.84. The van der Waals surface area contributed by atoms with Gasteiger partial charge in [0.05, 0.1) is 22.1 Å². The van der Waals surface area contributed by atoms with E-state index in [4.69, 9.17) is 21.1 Å². The van der Waals surface area contributed by atoms with Crippen LogP contribution < -0.4 is 4.72 Å². The molecular formula is C17H13BrClNO6S. The van der Waals surface area contributed by atoms with Gasteiger partial charge in [-0.05, 0) is 42.5 Å². The summed E-state index contributed by atoms with van der Waals surface area (Å²) in [6.07, 6.45) is -0.777. The first-order valence-corrected chi connectivity index (χ1v) is 10.4. The van der Waals surface area contributed by atoms with Crippen LogP contribution in [-0.4, -0.2) is 33.1 Å². The monoisotopic (exact) mass is 473 g/mol. The number of hydrogen-bond acceptors (Lipinski definition) is 6. The number of sulfonamides is 1. The highest BCUT2D eigenvalue weighted by molar-refractivity contribution is 9.10. The predicted molar refractivity (Wildman–Crippen MR) is 101 cm³/mol. The molecule has 0 spiro atoms. The van der Waals surface area contributed by atoms with Crippen molar-refractivity contribution in [3.63, 3.8) is 0 Å². The van der Waals surface area contributed by atoms with Gasteiger partial charge in [-0.3, -0.25) is 4.72 Å². The molecule has 1 aliphatic rings. The number of carbonyl (C=O) groups is 2. The van der Waals surface area contributed by atoms with Crippen LogP contribution in [-0.2, 0) is 24.3 Å². The highest BCUT2D eigenvalue weighted by Crippen LogP contribution is 2.25. The molecule has 0 amide bonds. The van der Waals surface area contributed by atoms with Gasteiger partial charge >= 0.3 is 11.9 Å². The normalized spacial score (nSPS) is 16.7. The lowest BCUT2D eigenvalue weighted by molar-refractivity contribution is -0.145. The summed E-state index contributed by atoms with van der Waals surface area (Å²) in [6, 6.07) is 10.2. The Morgan fingerprint density at radius 1 is 1.22 bits per heavy atom. The van der Waals surface area contributed by atoms with E-state index in [2.05, 4.69) is 20.7 Å². The maximum atomic E-state index is 12.6. The Morgan fingerprint density at radius 3 is 2.56 bits per heavy atom. The van der Waals surface area contributed by atoms with E-state index in [1.807, 2.05) is 0 Å². The van der Waals surface area contributed by atoms with E-state index >= 15 is 0 Å². The van der Waals surface area contributed by atoms with Gasteiger partial charge in [0.15, 0.2) is 0 Å². The second kappa shape index (κ2) is 7.87. The minimum Gasteiger partial charge on any atom is -0.463 e. The Hall–Kier alpha value is -2.10. The molecule has 2 aromatic rings. The number of halogens is 2.